The average Bonchev–Trinajstić information content (AvgIpc) is 1.63. The highest BCUT2D eigenvalue weighted by Crippen LogP contribution is 2.43. The molecule has 712 valence electrons. The van der Waals surface area contributed by atoms with Crippen molar-refractivity contribution in [2.24, 2.45) is 35.5 Å². The smallest absolute Gasteiger partial charge is 0.311 e. The molecule has 2 aromatic carbocycles. The third-order valence-corrected chi connectivity index (χ3v) is 27.8. The SMILES string of the molecule is CC[C@H]1OC(=O)[C@H](C)[C@@H](O)[C@H](C)[C@@H](O[C@@H]2O[C@H](C)C[C@H](N(C)C)[C@H]2OCCCN(C)Cc2cnc3ccccc3c2)[C@](C)(O)C[C@@H](C)CN(C)[C@H](C)[C@@H](O)[C@]1(C)O.CC[C@H]1OC(=O)[C@H](C)[C@@H](O[C@H]2C[C@@](C)(OC)[C@@H](O)[C@H](C)O2)[C@H](C)[C@@H](O[C@@H]2O[C@H](C)C[C@H](N(C)C)[C@H]2OCCCN(C)Cc2cnc3ccccc3c2)[C@](C)(O)C[C@@H](C)CN(C)[C@H](C)[C@@H](O)[C@]1(C)O. The van der Waals surface area contributed by atoms with Crippen LogP contribution in [0.25, 0.3) is 21.8 Å². The number of ether oxygens (including phenoxy) is 11. The maximum absolute atomic E-state index is 14.6. The Bertz CT molecular complexity index is 3940. The van der Waals surface area contributed by atoms with Crippen molar-refractivity contribution in [1.29, 1.82) is 0 Å². The van der Waals surface area contributed by atoms with Crippen LogP contribution in [-0.4, -0.2) is 352 Å². The second-order valence-electron chi connectivity index (χ2n) is 39.7. The first kappa shape index (κ1) is 106. The summed E-state index contributed by atoms with van der Waals surface area (Å²) in [5.74, 6) is -5.16. The van der Waals surface area contributed by atoms with Gasteiger partial charge in [0.05, 0.1) is 82.4 Å². The topological polar surface area (TPSA) is 343 Å². The van der Waals surface area contributed by atoms with E-state index < -0.39 is 168 Å². The number of carbonyl (C=O) groups excluding carboxylic acids is 2. The summed E-state index contributed by atoms with van der Waals surface area (Å²) in [6.07, 6.45) is -6.85. The molecule has 0 unspecified atom stereocenters. The van der Waals surface area contributed by atoms with Crippen molar-refractivity contribution < 1.29 is 103 Å². The number of likely N-dealkylation sites (N-methyl/N-ethyl adjacent to an activating group) is 4. The molecule has 0 saturated carbocycles. The lowest BCUT2D eigenvalue weighted by Crippen LogP contribution is -2.61. The van der Waals surface area contributed by atoms with Gasteiger partial charge in [-0.2, -0.15) is 0 Å². The number of fused-ring (bicyclic) bond motifs is 2. The van der Waals surface area contributed by atoms with Crippen molar-refractivity contribution in [3.05, 3.63) is 84.2 Å². The summed E-state index contributed by atoms with van der Waals surface area (Å²) in [6, 6.07) is 19.4. The number of rotatable bonds is 25. The van der Waals surface area contributed by atoms with Gasteiger partial charge in [-0.3, -0.25) is 19.6 Å². The molecule has 29 heteroatoms. The van der Waals surface area contributed by atoms with E-state index in [-0.39, 0.29) is 68.2 Å². The standard InChI is InChI=1S/C52H88N4O12.C44H74N4O9/c1-16-41-52(10,61)45(57)35(6)56(14)29-31(2)26-50(8,60)47(33(4)43(34(5)48(59)66-41)67-42-27-51(9,62-15)46(58)36(7)65-42)68-49-44(40(54(11)12)24-32(3)64-49)63-23-19-22-55(13)30-37-25-38-20-17-18-21-39(38)53-28-37;1-13-36-44(8,53)39(50)31(6)48(12)25-27(2)23-43(7,52)40(29(4)37(49)30(5)41(51)56-36)57-42-38(35(46(9)10)21-28(3)55-42)54-20-16-19-47(11)26-32-22-33-17-14-15-18-34(33)45-24-32/h17-18,20-21,25,28,31-36,40-47,49,57-58,60-61H,16,19,22-24,26-27,29-30H2,1-15H3;14-15,17-18,22,24,27-31,35-40,42,49-50,52-53H,13,16,19-21,23,25-26H2,1-12H3/t31-,32-,33+,34-,35-,36+,40+,41-,42+,43+,44-,45-,46+,47-,49+,50-,51-,52-;27-,28-,29+,30-,31-,35+,36-,37+,38-,39-,40-,42+,43-,44-/m11/s1. The highest BCUT2D eigenvalue weighted by atomic mass is 16.7. The Morgan fingerprint density at radius 2 is 0.920 bits per heavy atom. The van der Waals surface area contributed by atoms with E-state index in [1.54, 1.807) is 62.3 Å². The first-order valence-corrected chi connectivity index (χ1v) is 46.0. The Morgan fingerprint density at radius 3 is 1.32 bits per heavy atom. The van der Waals surface area contributed by atoms with Gasteiger partial charge in [0, 0.05) is 125 Å². The predicted octanol–water partition coefficient (Wildman–Crippen LogP) is 9.07. The Hall–Kier alpha value is -4.72. The fraction of sp³-hybridized carbons (Fsp3) is 0.792. The molecule has 2 aromatic heterocycles. The summed E-state index contributed by atoms with van der Waals surface area (Å²) < 4.78 is 71.8. The van der Waals surface area contributed by atoms with Crippen LogP contribution in [0.4, 0.5) is 0 Å². The molecule has 8 N–H and O–H groups in total. The molecule has 5 aliphatic heterocycles. The third-order valence-electron chi connectivity index (χ3n) is 27.8. The molecule has 0 amide bonds. The molecule has 0 radical (unpaired) electrons. The molecule has 0 spiro atoms. The summed E-state index contributed by atoms with van der Waals surface area (Å²) in [4.78, 5) is 50.1. The summed E-state index contributed by atoms with van der Waals surface area (Å²) in [5, 5.41) is 97.1. The van der Waals surface area contributed by atoms with Gasteiger partial charge in [-0.15, -0.1) is 0 Å². The van der Waals surface area contributed by atoms with Crippen LogP contribution in [0.15, 0.2) is 73.1 Å². The summed E-state index contributed by atoms with van der Waals surface area (Å²) >= 11 is 0. The number of esters is 2. The average molecular weight is 1760 g/mol. The fourth-order valence-corrected chi connectivity index (χ4v) is 20.1. The Kier molecular flexibility index (Phi) is 38.9. The highest BCUT2D eigenvalue weighted by molar-refractivity contribution is 5.79. The van der Waals surface area contributed by atoms with Gasteiger partial charge in [0.1, 0.15) is 53.9 Å². The van der Waals surface area contributed by atoms with Gasteiger partial charge in [-0.1, -0.05) is 77.9 Å². The number of benzene rings is 2. The van der Waals surface area contributed by atoms with Crippen LogP contribution in [0.3, 0.4) is 0 Å². The number of methoxy groups -OCH3 is 1. The number of para-hydroxylation sites is 2. The molecule has 4 aromatic rings. The van der Waals surface area contributed by atoms with Crippen molar-refractivity contribution in [3.63, 3.8) is 0 Å². The molecular formula is C96H162N8O21. The zero-order valence-corrected chi connectivity index (χ0v) is 80.5. The molecule has 9 rings (SSSR count). The van der Waals surface area contributed by atoms with Crippen LogP contribution < -0.4 is 0 Å². The summed E-state index contributed by atoms with van der Waals surface area (Å²) in [6.45, 7) is 37.1. The van der Waals surface area contributed by atoms with Crippen LogP contribution in [0.5, 0.6) is 0 Å². The maximum Gasteiger partial charge on any atom is 0.311 e. The van der Waals surface area contributed by atoms with Crippen LogP contribution in [-0.2, 0) is 74.8 Å². The normalized spacial score (nSPS) is 39.7. The first-order valence-electron chi connectivity index (χ1n) is 46.0. The van der Waals surface area contributed by atoms with E-state index in [1.165, 1.54) is 21.0 Å². The minimum atomic E-state index is -1.81. The number of hydrogen-bond acceptors (Lipinski definition) is 29. The van der Waals surface area contributed by atoms with Gasteiger partial charge < -0.3 is 122 Å². The van der Waals surface area contributed by atoms with E-state index >= 15 is 0 Å². The lowest BCUT2D eigenvalue weighted by molar-refractivity contribution is -0.321. The monoisotopic (exact) mass is 1760 g/mol. The number of carbonyl (C=O) groups is 2. The van der Waals surface area contributed by atoms with Crippen molar-refractivity contribution in [2.75, 3.05) is 103 Å². The largest absolute Gasteiger partial charge is 0.459 e. The Balaban J connectivity index is 0.000000315. The molecule has 125 heavy (non-hydrogen) atoms. The molecule has 5 fully saturated rings. The van der Waals surface area contributed by atoms with Crippen molar-refractivity contribution in [2.45, 2.75) is 352 Å². The van der Waals surface area contributed by atoms with Gasteiger partial charge in [-0.25, -0.2) is 0 Å². The number of aliphatic hydroxyl groups excluding tert-OH is 4. The zero-order chi connectivity index (χ0) is 92.9. The Labute approximate surface area is 746 Å². The Morgan fingerprint density at radius 1 is 0.520 bits per heavy atom. The van der Waals surface area contributed by atoms with Crippen LogP contribution in [0.1, 0.15) is 194 Å². The summed E-state index contributed by atoms with van der Waals surface area (Å²) in [7, 11) is 17.5. The number of pyridine rings is 2. The van der Waals surface area contributed by atoms with Gasteiger partial charge in [0.25, 0.3) is 0 Å². The van der Waals surface area contributed by atoms with Gasteiger partial charge in [-0.05, 0) is 238 Å². The molecule has 7 heterocycles. The predicted molar refractivity (Wildman–Crippen MR) is 482 cm³/mol. The van der Waals surface area contributed by atoms with Crippen LogP contribution in [0.2, 0.25) is 0 Å². The lowest BCUT2D eigenvalue weighted by atomic mass is 9.77. The molecule has 0 bridgehead atoms. The molecule has 5 saturated heterocycles. The van der Waals surface area contributed by atoms with E-state index in [9.17, 15) is 50.4 Å². The third kappa shape index (κ3) is 27.3. The van der Waals surface area contributed by atoms with Crippen LogP contribution >= 0.6 is 0 Å². The first-order chi connectivity index (χ1) is 58.5. The number of aromatic nitrogens is 2. The van der Waals surface area contributed by atoms with Gasteiger partial charge in [0.15, 0.2) is 18.9 Å². The van der Waals surface area contributed by atoms with E-state index in [2.05, 4.69) is 67.9 Å². The second kappa shape index (κ2) is 46.1. The molecular weight excluding hydrogens is 1600 g/mol. The fourth-order valence-electron chi connectivity index (χ4n) is 20.1. The molecule has 29 nitrogen and oxygen atoms in total. The number of cyclic esters (lactones) is 2. The van der Waals surface area contributed by atoms with Gasteiger partial charge >= 0.3 is 11.9 Å². The number of hydrogen-bond donors (Lipinski definition) is 8. The minimum Gasteiger partial charge on any atom is -0.459 e. The van der Waals surface area contributed by atoms with Crippen molar-refractivity contribution >= 4 is 33.7 Å². The molecule has 5 aliphatic rings. The van der Waals surface area contributed by atoms with E-state index in [0.717, 1.165) is 72.0 Å². The molecule has 32 atom stereocenters. The molecule has 0 aliphatic carbocycles. The highest BCUT2D eigenvalue weighted by Gasteiger charge is 2.56. The summed E-state index contributed by atoms with van der Waals surface area (Å²) in [5.41, 5.74) is -3.42. The second-order valence-corrected chi connectivity index (χ2v) is 39.7. The van der Waals surface area contributed by atoms with Crippen LogP contribution in [0, 0.1) is 35.5 Å². The van der Waals surface area contributed by atoms with E-state index in [0.29, 0.717) is 39.1 Å². The number of nitrogens with zero attached hydrogens (tertiary/aromatic N) is 8. The lowest BCUT2D eigenvalue weighted by Gasteiger charge is -2.49. The van der Waals surface area contributed by atoms with E-state index in [4.69, 9.17) is 52.1 Å². The zero-order valence-electron chi connectivity index (χ0n) is 80.5. The van der Waals surface area contributed by atoms with Gasteiger partial charge in [0.2, 0.25) is 0 Å². The maximum atomic E-state index is 14.6. The number of aliphatic hydroxyl groups is 8. The van der Waals surface area contributed by atoms with Crippen molar-refractivity contribution in [3.8, 4) is 0 Å². The van der Waals surface area contributed by atoms with Crippen molar-refractivity contribution in [1.82, 2.24) is 39.4 Å². The van der Waals surface area contributed by atoms with E-state index in [1.807, 2.05) is 149 Å². The minimum absolute atomic E-state index is 0.0549. The quantitative estimate of drug-likeness (QED) is 0.0226.